The summed E-state index contributed by atoms with van der Waals surface area (Å²) >= 11 is 0. The molecule has 11 rings (SSSR count). The predicted molar refractivity (Wildman–Crippen MR) is 253 cm³/mol. The second-order valence-electron chi connectivity index (χ2n) is 15.2. The van der Waals surface area contributed by atoms with Crippen molar-refractivity contribution in [2.45, 2.75) is 0 Å². The Labute approximate surface area is 349 Å². The molecular weight excluding hydrogens is 727 g/mol. The molecular formula is C58H39NO. The molecule has 0 aliphatic carbocycles. The van der Waals surface area contributed by atoms with Crippen molar-refractivity contribution in [2.24, 2.45) is 0 Å². The lowest BCUT2D eigenvalue weighted by molar-refractivity contribution is 0.669. The average molecular weight is 766 g/mol. The van der Waals surface area contributed by atoms with Gasteiger partial charge in [-0.05, 0) is 109 Å². The fraction of sp³-hybridized carbons (Fsp3) is 0. The third-order valence-electron chi connectivity index (χ3n) is 11.7. The first-order valence-electron chi connectivity index (χ1n) is 20.5. The number of anilines is 3. The lowest BCUT2D eigenvalue weighted by Crippen LogP contribution is -2.12. The van der Waals surface area contributed by atoms with Crippen LogP contribution in [0.15, 0.2) is 241 Å². The van der Waals surface area contributed by atoms with Crippen LogP contribution in [0.3, 0.4) is 0 Å². The quantitative estimate of drug-likeness (QED) is 0.153. The normalized spacial score (nSPS) is 11.3. The number of hydrogen-bond acceptors (Lipinski definition) is 2. The van der Waals surface area contributed by atoms with E-state index < -0.39 is 0 Å². The molecule has 0 bridgehead atoms. The van der Waals surface area contributed by atoms with Crippen molar-refractivity contribution in [1.29, 1.82) is 0 Å². The Balaban J connectivity index is 1.13. The zero-order valence-electron chi connectivity index (χ0n) is 32.9. The minimum atomic E-state index is 0.893. The van der Waals surface area contributed by atoms with Gasteiger partial charge in [-0.1, -0.05) is 188 Å². The zero-order chi connectivity index (χ0) is 39.8. The van der Waals surface area contributed by atoms with Crippen LogP contribution < -0.4 is 4.90 Å². The molecule has 0 fully saturated rings. The van der Waals surface area contributed by atoms with E-state index in [0.29, 0.717) is 0 Å². The molecule has 0 unspecified atom stereocenters. The van der Waals surface area contributed by atoms with E-state index in [-0.39, 0.29) is 0 Å². The summed E-state index contributed by atoms with van der Waals surface area (Å²) in [5.74, 6) is 0. The van der Waals surface area contributed by atoms with E-state index in [1.807, 2.05) is 12.1 Å². The Bertz CT molecular complexity index is 3300. The van der Waals surface area contributed by atoms with Crippen LogP contribution in [0.5, 0.6) is 0 Å². The highest BCUT2D eigenvalue weighted by Gasteiger charge is 2.23. The summed E-state index contributed by atoms with van der Waals surface area (Å²) in [6.45, 7) is 0. The second kappa shape index (κ2) is 15.1. The Kier molecular flexibility index (Phi) is 8.87. The van der Waals surface area contributed by atoms with Crippen molar-refractivity contribution in [3.63, 3.8) is 0 Å². The topological polar surface area (TPSA) is 16.4 Å². The molecule has 11 aromatic rings. The second-order valence-corrected chi connectivity index (χ2v) is 15.2. The molecule has 2 nitrogen and oxygen atoms in total. The Morgan fingerprint density at radius 2 is 0.850 bits per heavy atom. The van der Waals surface area contributed by atoms with Crippen molar-refractivity contribution in [1.82, 2.24) is 0 Å². The average Bonchev–Trinajstić information content (AvgIpc) is 3.70. The maximum Gasteiger partial charge on any atom is 0.136 e. The first kappa shape index (κ1) is 35.2. The van der Waals surface area contributed by atoms with Gasteiger partial charge in [-0.15, -0.1) is 0 Å². The van der Waals surface area contributed by atoms with Crippen molar-refractivity contribution in [3.05, 3.63) is 237 Å². The zero-order valence-corrected chi connectivity index (χ0v) is 32.9. The summed E-state index contributed by atoms with van der Waals surface area (Å²) < 4.78 is 6.30. The summed E-state index contributed by atoms with van der Waals surface area (Å²) in [5.41, 5.74) is 16.7. The molecule has 0 saturated carbocycles. The number of furan rings is 1. The largest absolute Gasteiger partial charge is 0.456 e. The number of benzene rings is 10. The Morgan fingerprint density at radius 3 is 1.67 bits per heavy atom. The van der Waals surface area contributed by atoms with Gasteiger partial charge < -0.3 is 9.32 Å². The van der Waals surface area contributed by atoms with Crippen molar-refractivity contribution in [2.75, 3.05) is 4.90 Å². The lowest BCUT2D eigenvalue weighted by atomic mass is 9.87. The van der Waals surface area contributed by atoms with E-state index in [2.05, 4.69) is 229 Å². The van der Waals surface area contributed by atoms with E-state index >= 15 is 0 Å². The molecule has 1 heterocycles. The molecule has 60 heavy (non-hydrogen) atoms. The number of para-hydroxylation sites is 1. The molecule has 2 heteroatoms. The van der Waals surface area contributed by atoms with Gasteiger partial charge >= 0.3 is 0 Å². The van der Waals surface area contributed by atoms with Gasteiger partial charge in [0.15, 0.2) is 0 Å². The van der Waals surface area contributed by atoms with Crippen LogP contribution >= 0.6 is 0 Å². The summed E-state index contributed by atoms with van der Waals surface area (Å²) in [4.78, 5) is 2.43. The molecule has 0 saturated heterocycles. The van der Waals surface area contributed by atoms with Crippen molar-refractivity contribution >= 4 is 49.8 Å². The number of fused-ring (bicyclic) bond motifs is 4. The molecule has 0 aliphatic rings. The maximum atomic E-state index is 6.30. The monoisotopic (exact) mass is 765 g/mol. The molecule has 0 N–H and O–H groups in total. The Hall–Kier alpha value is -7.94. The van der Waals surface area contributed by atoms with E-state index in [1.165, 1.54) is 38.6 Å². The molecule has 0 amide bonds. The van der Waals surface area contributed by atoms with Crippen molar-refractivity contribution < 1.29 is 4.42 Å². The predicted octanol–water partition coefficient (Wildman–Crippen LogP) is 16.5. The molecule has 282 valence electrons. The third kappa shape index (κ3) is 6.32. The Morgan fingerprint density at radius 1 is 0.283 bits per heavy atom. The van der Waals surface area contributed by atoms with E-state index in [4.69, 9.17) is 4.42 Å². The minimum absolute atomic E-state index is 0.893. The van der Waals surface area contributed by atoms with Gasteiger partial charge in [0.25, 0.3) is 0 Å². The minimum Gasteiger partial charge on any atom is -0.456 e. The SMILES string of the molecule is c1ccc(-c2ccccc2-c2c(-c3ccccc3)cccc2N(c2ccc(-c3ccc4c(c3)oc3ccccc34)cc2)c2cccc(-c3cccc4ccccc34)c2)cc1. The van der Waals surface area contributed by atoms with Gasteiger partial charge in [0.2, 0.25) is 0 Å². The van der Waals surface area contributed by atoms with Crippen LogP contribution in [-0.2, 0) is 0 Å². The summed E-state index contributed by atoms with van der Waals surface area (Å²) in [6.07, 6.45) is 0. The summed E-state index contributed by atoms with van der Waals surface area (Å²) in [7, 11) is 0. The molecule has 0 radical (unpaired) electrons. The van der Waals surface area contributed by atoms with Gasteiger partial charge in [-0.25, -0.2) is 0 Å². The maximum absolute atomic E-state index is 6.30. The van der Waals surface area contributed by atoms with E-state index in [1.54, 1.807) is 0 Å². The van der Waals surface area contributed by atoms with Gasteiger partial charge in [-0.2, -0.15) is 0 Å². The van der Waals surface area contributed by atoms with Gasteiger partial charge in [0.1, 0.15) is 11.2 Å². The van der Waals surface area contributed by atoms with Crippen LogP contribution in [0.25, 0.3) is 88.3 Å². The highest BCUT2D eigenvalue weighted by atomic mass is 16.3. The smallest absolute Gasteiger partial charge is 0.136 e. The molecule has 0 spiro atoms. The van der Waals surface area contributed by atoms with E-state index in [0.717, 1.165) is 66.8 Å². The van der Waals surface area contributed by atoms with Gasteiger partial charge in [0.05, 0.1) is 5.69 Å². The lowest BCUT2D eigenvalue weighted by Gasteiger charge is -2.30. The summed E-state index contributed by atoms with van der Waals surface area (Å²) in [6, 6.07) is 85.1. The first-order chi connectivity index (χ1) is 29.8. The molecule has 0 aliphatic heterocycles. The first-order valence-corrected chi connectivity index (χ1v) is 20.5. The van der Waals surface area contributed by atoms with Crippen molar-refractivity contribution in [3.8, 4) is 55.6 Å². The highest BCUT2D eigenvalue weighted by Crippen LogP contribution is 2.49. The van der Waals surface area contributed by atoms with Gasteiger partial charge in [0, 0.05) is 27.7 Å². The number of nitrogens with zero attached hydrogens (tertiary/aromatic N) is 1. The van der Waals surface area contributed by atoms with Crippen LogP contribution in [0.4, 0.5) is 17.1 Å². The van der Waals surface area contributed by atoms with E-state index in [9.17, 15) is 0 Å². The number of hydrogen-bond donors (Lipinski definition) is 0. The number of rotatable bonds is 8. The molecule has 1 aromatic heterocycles. The standard InChI is InChI=1S/C58H39NO/c1-3-16-41(17-4-1)49-25-9-10-27-54(49)58-51(43-18-5-2-6-19-43)29-15-30-55(58)59(47-23-13-22-45(38-47)50-28-14-21-42-20-7-8-24-48(42)50)46-35-32-40(33-36-46)44-34-37-53-52-26-11-12-31-56(52)60-57(53)39-44/h1-39H. The van der Waals surface area contributed by atoms with Crippen LogP contribution in [0.1, 0.15) is 0 Å². The fourth-order valence-corrected chi connectivity index (χ4v) is 8.86. The van der Waals surface area contributed by atoms with Crippen LogP contribution in [0.2, 0.25) is 0 Å². The fourth-order valence-electron chi connectivity index (χ4n) is 8.86. The summed E-state index contributed by atoms with van der Waals surface area (Å²) in [5, 5.41) is 4.73. The highest BCUT2D eigenvalue weighted by molar-refractivity contribution is 6.06. The molecule has 10 aromatic carbocycles. The third-order valence-corrected chi connectivity index (χ3v) is 11.7. The van der Waals surface area contributed by atoms with Crippen LogP contribution in [-0.4, -0.2) is 0 Å². The van der Waals surface area contributed by atoms with Crippen LogP contribution in [0, 0.1) is 0 Å². The van der Waals surface area contributed by atoms with Gasteiger partial charge in [-0.3, -0.25) is 0 Å². The molecule has 0 atom stereocenters.